The number of phenolic OH excluding ortho intramolecular Hbond substituents is 1. The van der Waals surface area contributed by atoms with Crippen molar-refractivity contribution in [2.24, 2.45) is 5.10 Å². The van der Waals surface area contributed by atoms with Crippen molar-refractivity contribution in [1.82, 2.24) is 9.97 Å². The van der Waals surface area contributed by atoms with Crippen LogP contribution in [0, 0.1) is 0 Å². The second kappa shape index (κ2) is 7.96. The zero-order valence-corrected chi connectivity index (χ0v) is 16.6. The predicted molar refractivity (Wildman–Crippen MR) is 116 cm³/mol. The Bertz CT molecular complexity index is 1140. The van der Waals surface area contributed by atoms with Gasteiger partial charge in [0.05, 0.1) is 16.6 Å². The van der Waals surface area contributed by atoms with Crippen molar-refractivity contribution in [1.29, 1.82) is 0 Å². The van der Waals surface area contributed by atoms with Crippen LogP contribution >= 0.6 is 22.9 Å². The fourth-order valence-corrected chi connectivity index (χ4v) is 4.17. The Hall–Kier alpha value is -2.96. The van der Waals surface area contributed by atoms with E-state index in [9.17, 15) is 5.11 Å². The summed E-state index contributed by atoms with van der Waals surface area (Å²) in [5.74, 6) is 1.03. The Balaban J connectivity index is 1.59. The number of aromatic hydroxyl groups is 1. The second-order valence-electron chi connectivity index (χ2n) is 6.30. The number of halogens is 1. The molecule has 0 fully saturated rings. The van der Waals surface area contributed by atoms with Crippen molar-refractivity contribution in [3.8, 4) is 5.75 Å². The number of phenols is 1. The van der Waals surface area contributed by atoms with Gasteiger partial charge >= 0.3 is 0 Å². The van der Waals surface area contributed by atoms with Crippen LogP contribution in [0.2, 0.25) is 5.02 Å². The van der Waals surface area contributed by atoms with Crippen molar-refractivity contribution in [2.45, 2.75) is 12.8 Å². The highest BCUT2D eigenvalue weighted by atomic mass is 35.5. The van der Waals surface area contributed by atoms with Crippen molar-refractivity contribution >= 4 is 45.2 Å². The molecular formula is C21H17ClN4OS. The van der Waals surface area contributed by atoms with Crippen LogP contribution in [0.5, 0.6) is 5.75 Å². The number of nitrogens with one attached hydrogen (secondary N) is 1. The van der Waals surface area contributed by atoms with Gasteiger partial charge in [-0.15, -0.1) is 11.3 Å². The maximum Gasteiger partial charge on any atom is 0.158 e. The van der Waals surface area contributed by atoms with Crippen molar-refractivity contribution in [3.05, 3.63) is 82.0 Å². The van der Waals surface area contributed by atoms with Crippen molar-refractivity contribution in [3.63, 3.8) is 0 Å². The van der Waals surface area contributed by atoms with Gasteiger partial charge in [0.25, 0.3) is 0 Å². The quantitative estimate of drug-likeness (QED) is 0.330. The van der Waals surface area contributed by atoms with Crippen LogP contribution in [-0.4, -0.2) is 21.3 Å². The van der Waals surface area contributed by atoms with E-state index in [1.807, 2.05) is 6.07 Å². The molecule has 0 aliphatic heterocycles. The summed E-state index contributed by atoms with van der Waals surface area (Å²) in [6.07, 6.45) is 3.12. The average Bonchev–Trinajstić information content (AvgIpc) is 3.15. The lowest BCUT2D eigenvalue weighted by molar-refractivity contribution is 0.475. The summed E-state index contributed by atoms with van der Waals surface area (Å²) in [6.45, 7) is 2.19. The molecule has 1 unspecified atom stereocenters. The lowest BCUT2D eigenvalue weighted by Crippen LogP contribution is -1.95. The Morgan fingerprint density at radius 3 is 2.75 bits per heavy atom. The summed E-state index contributed by atoms with van der Waals surface area (Å²) >= 11 is 7.76. The average molecular weight is 409 g/mol. The lowest BCUT2D eigenvalue weighted by atomic mass is 9.99. The minimum atomic E-state index is 0.117. The molecule has 4 rings (SSSR count). The number of anilines is 1. The van der Waals surface area contributed by atoms with E-state index in [1.54, 1.807) is 29.7 Å². The molecule has 7 heteroatoms. The third kappa shape index (κ3) is 3.83. The van der Waals surface area contributed by atoms with E-state index < -0.39 is 0 Å². The predicted octanol–water partition coefficient (Wildman–Crippen LogP) is 5.65. The number of fused-ring (bicyclic) bond motifs is 1. The zero-order valence-electron chi connectivity index (χ0n) is 15.0. The van der Waals surface area contributed by atoms with E-state index in [4.69, 9.17) is 11.6 Å². The van der Waals surface area contributed by atoms with Crippen LogP contribution in [0.1, 0.15) is 28.8 Å². The number of benzene rings is 2. The minimum absolute atomic E-state index is 0.117. The highest BCUT2D eigenvalue weighted by molar-refractivity contribution is 7.18. The van der Waals surface area contributed by atoms with E-state index in [1.165, 1.54) is 22.8 Å². The molecule has 28 heavy (non-hydrogen) atoms. The molecule has 0 radical (unpaired) electrons. The van der Waals surface area contributed by atoms with Crippen molar-refractivity contribution in [2.75, 3.05) is 5.43 Å². The molecule has 0 saturated carbocycles. The number of hydrazone groups is 1. The molecule has 2 aromatic carbocycles. The number of thiophene rings is 1. The summed E-state index contributed by atoms with van der Waals surface area (Å²) in [6, 6.07) is 17.2. The lowest BCUT2D eigenvalue weighted by Gasteiger charge is -2.08. The van der Waals surface area contributed by atoms with E-state index in [-0.39, 0.29) is 11.7 Å². The number of nitrogens with zero attached hydrogens (tertiary/aromatic N) is 3. The summed E-state index contributed by atoms with van der Waals surface area (Å²) in [5, 5.41) is 15.0. The summed E-state index contributed by atoms with van der Waals surface area (Å²) in [7, 11) is 0. The van der Waals surface area contributed by atoms with Crippen LogP contribution in [0.3, 0.4) is 0 Å². The van der Waals surface area contributed by atoms with E-state index in [0.29, 0.717) is 16.4 Å². The zero-order chi connectivity index (χ0) is 19.5. The van der Waals surface area contributed by atoms with Gasteiger partial charge in [0, 0.05) is 16.4 Å². The van der Waals surface area contributed by atoms with Gasteiger partial charge in [-0.05, 0) is 29.8 Å². The molecule has 0 amide bonds. The van der Waals surface area contributed by atoms with Gasteiger partial charge in [0.2, 0.25) is 0 Å². The Labute approximate surface area is 171 Å². The first-order chi connectivity index (χ1) is 13.6. The number of rotatable bonds is 5. The van der Waals surface area contributed by atoms with E-state index >= 15 is 0 Å². The fraction of sp³-hybridized carbons (Fsp3) is 0.0952. The Kier molecular flexibility index (Phi) is 5.23. The molecule has 5 nitrogen and oxygen atoms in total. The number of hydrogen-bond donors (Lipinski definition) is 2. The van der Waals surface area contributed by atoms with Gasteiger partial charge in [-0.2, -0.15) is 5.10 Å². The standard InChI is InChI=1S/C21H17ClN4OS/c1-13(14-5-3-2-4-6-14)19-10-17-20(23-12-24-21(17)28-19)26-25-11-15-7-8-16(27)9-18(15)22/h2-13,27H,1H3,(H,23,24,26). The molecule has 0 bridgehead atoms. The molecule has 140 valence electrons. The third-order valence-corrected chi connectivity index (χ3v) is 5.99. The smallest absolute Gasteiger partial charge is 0.158 e. The minimum Gasteiger partial charge on any atom is -0.508 e. The Morgan fingerprint density at radius 2 is 1.96 bits per heavy atom. The topological polar surface area (TPSA) is 70.4 Å². The third-order valence-electron chi connectivity index (χ3n) is 4.43. The van der Waals surface area contributed by atoms with Crippen molar-refractivity contribution < 1.29 is 5.11 Å². The van der Waals surface area contributed by atoms with Gasteiger partial charge in [0.15, 0.2) is 5.82 Å². The summed E-state index contributed by atoms with van der Waals surface area (Å²) in [4.78, 5) is 10.8. The molecule has 4 aromatic rings. The maximum atomic E-state index is 9.43. The van der Waals surface area contributed by atoms with Gasteiger partial charge in [-0.25, -0.2) is 9.97 Å². The van der Waals surface area contributed by atoms with Crippen LogP contribution in [0.25, 0.3) is 10.2 Å². The molecule has 0 aliphatic carbocycles. The highest BCUT2D eigenvalue weighted by Gasteiger charge is 2.14. The van der Waals surface area contributed by atoms with Gasteiger partial charge in [-0.1, -0.05) is 48.9 Å². The monoisotopic (exact) mass is 408 g/mol. The summed E-state index contributed by atoms with van der Waals surface area (Å²) < 4.78 is 0. The van der Waals surface area contributed by atoms with Crippen LogP contribution in [-0.2, 0) is 0 Å². The fourth-order valence-electron chi connectivity index (χ4n) is 2.87. The van der Waals surface area contributed by atoms with Gasteiger partial charge < -0.3 is 5.11 Å². The molecular weight excluding hydrogens is 392 g/mol. The SMILES string of the molecule is CC(c1ccccc1)c1cc2c(NN=Cc3ccc(O)cc3Cl)ncnc2s1. The number of aromatic nitrogens is 2. The second-order valence-corrected chi connectivity index (χ2v) is 7.77. The molecule has 2 N–H and O–H groups in total. The molecule has 0 saturated heterocycles. The summed E-state index contributed by atoms with van der Waals surface area (Å²) in [5.41, 5.74) is 4.93. The van der Waals surface area contributed by atoms with Crippen LogP contribution in [0.15, 0.2) is 66.0 Å². The maximum absolute atomic E-state index is 9.43. The molecule has 1 atom stereocenters. The largest absolute Gasteiger partial charge is 0.508 e. The van der Waals surface area contributed by atoms with Crippen LogP contribution in [0.4, 0.5) is 5.82 Å². The molecule has 0 aliphatic rings. The molecule has 2 aromatic heterocycles. The molecule has 2 heterocycles. The van der Waals surface area contributed by atoms with E-state index in [2.05, 4.69) is 57.8 Å². The molecule has 0 spiro atoms. The first kappa shape index (κ1) is 18.4. The highest BCUT2D eigenvalue weighted by Crippen LogP contribution is 2.35. The normalized spacial score (nSPS) is 12.5. The number of hydrogen-bond acceptors (Lipinski definition) is 6. The van der Waals surface area contributed by atoms with Gasteiger partial charge in [0.1, 0.15) is 16.9 Å². The Morgan fingerprint density at radius 1 is 1.14 bits per heavy atom. The van der Waals surface area contributed by atoms with Crippen LogP contribution < -0.4 is 5.43 Å². The van der Waals surface area contributed by atoms with Gasteiger partial charge in [-0.3, -0.25) is 5.43 Å². The first-order valence-electron chi connectivity index (χ1n) is 8.69. The van der Waals surface area contributed by atoms with E-state index in [0.717, 1.165) is 10.2 Å². The first-order valence-corrected chi connectivity index (χ1v) is 9.88.